The van der Waals surface area contributed by atoms with Crippen LogP contribution in [0.3, 0.4) is 0 Å². The van der Waals surface area contributed by atoms with E-state index in [9.17, 15) is 22.8 Å². The predicted octanol–water partition coefficient (Wildman–Crippen LogP) is 5.67. The summed E-state index contributed by atoms with van der Waals surface area (Å²) in [6.45, 7) is 3.84. The number of halogens is 3. The third-order valence-electron chi connectivity index (χ3n) is 6.80. The summed E-state index contributed by atoms with van der Waals surface area (Å²) in [7, 11) is 0.868. The number of methoxy groups -OCH3 is 1. The summed E-state index contributed by atoms with van der Waals surface area (Å²) >= 11 is 0. The average molecular weight is 450 g/mol. The number of esters is 1. The molecule has 7 heteroatoms. The fourth-order valence-corrected chi connectivity index (χ4v) is 4.54. The molecule has 2 aliphatic rings. The second-order valence-electron chi connectivity index (χ2n) is 8.95. The summed E-state index contributed by atoms with van der Waals surface area (Å²) < 4.78 is 53.3. The van der Waals surface area contributed by atoms with Gasteiger partial charge in [-0.1, -0.05) is 55.0 Å². The Bertz CT molecular complexity index is 906. The molecule has 2 aliphatic carbocycles. The Morgan fingerprint density at radius 3 is 2.47 bits per heavy atom. The molecule has 0 aliphatic heterocycles. The summed E-state index contributed by atoms with van der Waals surface area (Å²) in [6, 6.07) is 6.84. The maximum Gasteiger partial charge on any atom is 0.432 e. The first-order chi connectivity index (χ1) is 15.1. The third kappa shape index (κ3) is 4.53. The third-order valence-corrected chi connectivity index (χ3v) is 6.80. The van der Waals surface area contributed by atoms with Gasteiger partial charge in [-0.15, -0.1) is 0 Å². The van der Waals surface area contributed by atoms with Crippen LogP contribution in [0.25, 0.3) is 0 Å². The first-order valence-electron chi connectivity index (χ1n) is 10.8. The Labute approximate surface area is 186 Å². The van der Waals surface area contributed by atoms with Gasteiger partial charge in [-0.2, -0.15) is 13.2 Å². The van der Waals surface area contributed by atoms with Crippen LogP contribution in [0, 0.1) is 11.3 Å². The number of benzene rings is 1. The maximum absolute atomic E-state index is 14.3. The zero-order chi connectivity index (χ0) is 23.6. The van der Waals surface area contributed by atoms with E-state index in [2.05, 4.69) is 0 Å². The molecular weight excluding hydrogens is 421 g/mol. The molecular formula is C25H29F3O4. The number of ether oxygens (including phenoxy) is 2. The van der Waals surface area contributed by atoms with Crippen LogP contribution >= 0.6 is 0 Å². The minimum absolute atomic E-state index is 0.0292. The highest BCUT2D eigenvalue weighted by molar-refractivity contribution is 5.83. The molecule has 1 saturated carbocycles. The molecule has 32 heavy (non-hydrogen) atoms. The van der Waals surface area contributed by atoms with Gasteiger partial charge in [-0.3, -0.25) is 4.79 Å². The molecule has 174 valence electrons. The van der Waals surface area contributed by atoms with Crippen LogP contribution in [0.1, 0.15) is 51.5 Å². The lowest BCUT2D eigenvalue weighted by Crippen LogP contribution is -2.53. The lowest BCUT2D eigenvalue weighted by atomic mass is 9.90. The van der Waals surface area contributed by atoms with Gasteiger partial charge in [0.1, 0.15) is 12.4 Å². The second-order valence-corrected chi connectivity index (χ2v) is 8.95. The minimum atomic E-state index is -5.02. The van der Waals surface area contributed by atoms with Crippen LogP contribution in [0.5, 0.6) is 0 Å². The lowest BCUT2D eigenvalue weighted by molar-refractivity contribution is -0.279. The Kier molecular flexibility index (Phi) is 6.98. The van der Waals surface area contributed by atoms with Crippen molar-refractivity contribution >= 4 is 12.3 Å². The number of carbonyl (C=O) groups is 2. The normalized spacial score (nSPS) is 31.4. The van der Waals surface area contributed by atoms with Gasteiger partial charge in [0, 0.05) is 18.1 Å². The second kappa shape index (κ2) is 9.22. The fourth-order valence-electron chi connectivity index (χ4n) is 4.54. The number of carbonyl (C=O) groups excluding carboxylic acids is 2. The van der Waals surface area contributed by atoms with E-state index in [-0.39, 0.29) is 11.5 Å². The van der Waals surface area contributed by atoms with Gasteiger partial charge in [-0.25, -0.2) is 4.79 Å². The molecule has 1 aromatic carbocycles. The first-order valence-corrected chi connectivity index (χ1v) is 10.8. The molecule has 0 aromatic heterocycles. The van der Waals surface area contributed by atoms with E-state index in [4.69, 9.17) is 9.47 Å². The number of hydrogen-bond acceptors (Lipinski definition) is 4. The zero-order valence-electron chi connectivity index (χ0n) is 18.6. The van der Waals surface area contributed by atoms with E-state index in [0.717, 1.165) is 25.4 Å². The lowest BCUT2D eigenvalue weighted by Gasteiger charge is -2.35. The number of allylic oxidation sites excluding steroid dienone is 4. The highest BCUT2D eigenvalue weighted by Crippen LogP contribution is 2.58. The number of fused-ring (bicyclic) bond motifs is 1. The van der Waals surface area contributed by atoms with Gasteiger partial charge in [0.25, 0.3) is 5.60 Å². The smallest absolute Gasteiger partial charge is 0.432 e. The number of alkyl halides is 3. The van der Waals surface area contributed by atoms with Crippen molar-refractivity contribution in [3.8, 4) is 0 Å². The number of hydrogen-bond donors (Lipinski definition) is 0. The Morgan fingerprint density at radius 2 is 1.88 bits per heavy atom. The number of aldehydes is 1. The van der Waals surface area contributed by atoms with Crippen LogP contribution in [-0.4, -0.2) is 31.6 Å². The number of rotatable bonds is 5. The highest BCUT2D eigenvalue weighted by atomic mass is 19.4. The van der Waals surface area contributed by atoms with Gasteiger partial charge in [-0.05, 0) is 50.5 Å². The first kappa shape index (κ1) is 24.2. The van der Waals surface area contributed by atoms with Gasteiger partial charge in [0.2, 0.25) is 0 Å². The summed E-state index contributed by atoms with van der Waals surface area (Å²) in [6.07, 6.45) is 1.95. The van der Waals surface area contributed by atoms with E-state index in [1.54, 1.807) is 6.07 Å². The molecule has 0 unspecified atom stereocenters. The van der Waals surface area contributed by atoms with E-state index < -0.39 is 29.3 Å². The Hall–Kier alpha value is -2.41. The molecule has 4 atom stereocenters. The van der Waals surface area contributed by atoms with Gasteiger partial charge < -0.3 is 9.47 Å². The van der Waals surface area contributed by atoms with Crippen LogP contribution in [0.15, 0.2) is 53.6 Å². The zero-order valence-corrected chi connectivity index (χ0v) is 18.6. The van der Waals surface area contributed by atoms with Crippen LogP contribution in [0.4, 0.5) is 13.2 Å². The molecule has 1 fully saturated rings. The summed E-state index contributed by atoms with van der Waals surface area (Å²) in [5.41, 5.74) is -2.35. The molecule has 0 spiro atoms. The molecule has 4 nitrogen and oxygen atoms in total. The van der Waals surface area contributed by atoms with Crippen LogP contribution in [-0.2, 0) is 24.7 Å². The summed E-state index contributed by atoms with van der Waals surface area (Å²) in [5.74, 6) is -1.50. The molecule has 3 rings (SSSR count). The largest absolute Gasteiger partial charge is 0.459 e. The average Bonchev–Trinajstić information content (AvgIpc) is 3.40. The van der Waals surface area contributed by atoms with Crippen molar-refractivity contribution in [1.29, 1.82) is 0 Å². The molecule has 0 N–H and O–H groups in total. The summed E-state index contributed by atoms with van der Waals surface area (Å²) in [4.78, 5) is 24.6. The topological polar surface area (TPSA) is 52.6 Å². The summed E-state index contributed by atoms with van der Waals surface area (Å²) in [5, 5.41) is 0. The highest BCUT2D eigenvalue weighted by Gasteiger charge is 2.65. The molecule has 0 heterocycles. The van der Waals surface area contributed by atoms with Gasteiger partial charge >= 0.3 is 12.1 Å². The van der Waals surface area contributed by atoms with Crippen LogP contribution < -0.4 is 0 Å². The Morgan fingerprint density at radius 1 is 1.19 bits per heavy atom. The maximum atomic E-state index is 14.3. The van der Waals surface area contributed by atoms with E-state index in [1.807, 2.05) is 26.0 Å². The van der Waals surface area contributed by atoms with Crippen molar-refractivity contribution < 1.29 is 32.2 Å². The standard InChI is InChI=1S/C25H29F3O4/c1-17-8-7-9-18(16-29)14-20-15-23(20,2)21(13-12-17)32-22(30)24(31-3,25(26,27)28)19-10-5-4-6-11-19/h4-6,8,10-11,14,16,20-21H,7,9,12-13,15H2,1-3H3/b17-8+,18-14+/t20-,21-,23-,24-/m0/s1. The molecule has 1 aromatic rings. The minimum Gasteiger partial charge on any atom is -0.459 e. The van der Waals surface area contributed by atoms with E-state index >= 15 is 0 Å². The SMILES string of the molecule is CO[C@](C(=O)O[C@H]1CC/C(C)=C/CC/C(C=O)=C\[C@H]2C[C@]12C)(c1ccccc1)C(F)(F)F. The van der Waals surface area contributed by atoms with Crippen LogP contribution in [0.2, 0.25) is 0 Å². The van der Waals surface area contributed by atoms with E-state index in [0.29, 0.717) is 31.3 Å². The quantitative estimate of drug-likeness (QED) is 0.329. The predicted molar refractivity (Wildman–Crippen MR) is 114 cm³/mol. The monoisotopic (exact) mass is 450 g/mol. The Balaban J connectivity index is 1.96. The van der Waals surface area contributed by atoms with Crippen molar-refractivity contribution in [1.82, 2.24) is 0 Å². The van der Waals surface area contributed by atoms with Crippen molar-refractivity contribution in [3.05, 3.63) is 59.2 Å². The van der Waals surface area contributed by atoms with Gasteiger partial charge in [0.15, 0.2) is 0 Å². The van der Waals surface area contributed by atoms with Crippen molar-refractivity contribution in [2.24, 2.45) is 11.3 Å². The molecule has 0 amide bonds. The molecule has 0 bridgehead atoms. The van der Waals surface area contributed by atoms with Crippen molar-refractivity contribution in [2.75, 3.05) is 7.11 Å². The fraction of sp³-hybridized carbons (Fsp3) is 0.520. The molecule has 0 radical (unpaired) electrons. The van der Waals surface area contributed by atoms with Crippen molar-refractivity contribution in [2.45, 2.75) is 63.8 Å². The van der Waals surface area contributed by atoms with Crippen molar-refractivity contribution in [3.63, 3.8) is 0 Å². The molecule has 0 saturated heterocycles. The van der Waals surface area contributed by atoms with E-state index in [1.165, 1.54) is 24.3 Å². The van der Waals surface area contributed by atoms with Gasteiger partial charge in [0.05, 0.1) is 0 Å².